The Balaban J connectivity index is 0.00000324. The molecule has 0 radical (unpaired) electrons. The third-order valence-corrected chi connectivity index (χ3v) is 4.82. The second-order valence-electron chi connectivity index (χ2n) is 4.41. The van der Waals surface area contributed by atoms with Crippen LogP contribution in [0.4, 0.5) is 0 Å². The quantitative estimate of drug-likeness (QED) is 0.396. The van der Waals surface area contributed by atoms with Crippen LogP contribution in [-0.4, -0.2) is 75.0 Å². The van der Waals surface area contributed by atoms with Gasteiger partial charge >= 0.3 is 0 Å². The molecule has 0 unspecified atom stereocenters. The molecule has 1 fully saturated rings. The second kappa shape index (κ2) is 8.96. The fourth-order valence-electron chi connectivity index (χ4n) is 1.93. The van der Waals surface area contributed by atoms with Gasteiger partial charge in [-0.1, -0.05) is 0 Å². The molecule has 1 saturated heterocycles. The van der Waals surface area contributed by atoms with E-state index in [-0.39, 0.29) is 35.5 Å². The van der Waals surface area contributed by atoms with Crippen LogP contribution >= 0.6 is 24.0 Å². The average molecular weight is 404 g/mol. The zero-order chi connectivity index (χ0) is 13.6. The molecule has 0 aliphatic carbocycles. The Morgan fingerprint density at radius 3 is 2.26 bits per heavy atom. The van der Waals surface area contributed by atoms with E-state index in [0.717, 1.165) is 19.6 Å². The Morgan fingerprint density at radius 2 is 1.79 bits per heavy atom. The molecule has 0 aromatic heterocycles. The smallest absolute Gasteiger partial charge is 0.191 e. The van der Waals surface area contributed by atoms with Gasteiger partial charge in [-0.05, 0) is 13.8 Å². The van der Waals surface area contributed by atoms with Crippen molar-refractivity contribution in [2.45, 2.75) is 13.8 Å². The van der Waals surface area contributed by atoms with Crippen molar-refractivity contribution in [3.05, 3.63) is 0 Å². The van der Waals surface area contributed by atoms with E-state index in [4.69, 9.17) is 5.73 Å². The van der Waals surface area contributed by atoms with Crippen LogP contribution < -0.4 is 5.73 Å². The van der Waals surface area contributed by atoms with Crippen LogP contribution in [0.25, 0.3) is 0 Å². The number of sulfone groups is 1. The number of aliphatic imine (C=N–C) groups is 1. The Bertz CT molecular complexity index is 368. The molecule has 1 aliphatic heterocycles. The van der Waals surface area contributed by atoms with Gasteiger partial charge in [-0.3, -0.25) is 9.89 Å². The van der Waals surface area contributed by atoms with Gasteiger partial charge in [0.15, 0.2) is 15.8 Å². The minimum Gasteiger partial charge on any atom is -0.370 e. The summed E-state index contributed by atoms with van der Waals surface area (Å²) in [7, 11) is -2.79. The monoisotopic (exact) mass is 404 g/mol. The highest BCUT2D eigenvalue weighted by Gasteiger charge is 2.20. The molecule has 0 bridgehead atoms. The standard InChI is InChI=1S/C11H24N4O2S.HI/c1-3-15(4-2)11(12)13-5-6-14-7-9-18(16,17)10-8-14;/h3-10H2,1-2H3,(H2,12,13);1H. The van der Waals surface area contributed by atoms with Crippen LogP contribution in [0.2, 0.25) is 0 Å². The molecule has 2 N–H and O–H groups in total. The van der Waals surface area contributed by atoms with E-state index in [1.807, 2.05) is 18.7 Å². The predicted molar refractivity (Wildman–Crippen MR) is 89.9 cm³/mol. The lowest BCUT2D eigenvalue weighted by Gasteiger charge is -2.26. The SMILES string of the molecule is CCN(CC)C(N)=NCCN1CCS(=O)(=O)CC1.I. The summed E-state index contributed by atoms with van der Waals surface area (Å²) in [4.78, 5) is 8.45. The van der Waals surface area contributed by atoms with Crippen molar-refractivity contribution in [2.24, 2.45) is 10.7 Å². The molecule has 0 amide bonds. The highest BCUT2D eigenvalue weighted by atomic mass is 127. The normalized spacial score (nSPS) is 19.8. The molecule has 0 aromatic carbocycles. The van der Waals surface area contributed by atoms with Crippen molar-refractivity contribution in [1.29, 1.82) is 0 Å². The van der Waals surface area contributed by atoms with Gasteiger partial charge in [0.1, 0.15) is 0 Å². The molecule has 1 aliphatic rings. The summed E-state index contributed by atoms with van der Waals surface area (Å²) in [5.41, 5.74) is 5.86. The number of nitrogens with zero attached hydrogens (tertiary/aromatic N) is 3. The summed E-state index contributed by atoms with van der Waals surface area (Å²) in [6, 6.07) is 0. The highest BCUT2D eigenvalue weighted by molar-refractivity contribution is 14.0. The van der Waals surface area contributed by atoms with E-state index >= 15 is 0 Å². The van der Waals surface area contributed by atoms with Crippen molar-refractivity contribution >= 4 is 39.8 Å². The van der Waals surface area contributed by atoms with Crippen LogP contribution in [0, 0.1) is 0 Å². The lowest BCUT2D eigenvalue weighted by Crippen LogP contribution is -2.42. The van der Waals surface area contributed by atoms with E-state index in [1.165, 1.54) is 0 Å². The topological polar surface area (TPSA) is 79.0 Å². The Hall–Kier alpha value is -0.0900. The van der Waals surface area contributed by atoms with E-state index < -0.39 is 9.84 Å². The molecule has 8 heteroatoms. The fraction of sp³-hybridized carbons (Fsp3) is 0.909. The van der Waals surface area contributed by atoms with Gasteiger partial charge in [-0.25, -0.2) is 8.42 Å². The molecular formula is C11H25IN4O2S. The molecule has 0 spiro atoms. The molecule has 1 heterocycles. The van der Waals surface area contributed by atoms with Crippen molar-refractivity contribution in [2.75, 3.05) is 50.8 Å². The first-order chi connectivity index (χ1) is 8.48. The minimum atomic E-state index is -2.79. The van der Waals surface area contributed by atoms with Crippen LogP contribution in [0.1, 0.15) is 13.8 Å². The van der Waals surface area contributed by atoms with Gasteiger partial charge in [0.25, 0.3) is 0 Å². The summed E-state index contributed by atoms with van der Waals surface area (Å²) in [6.07, 6.45) is 0. The number of halogens is 1. The van der Waals surface area contributed by atoms with E-state index in [9.17, 15) is 8.42 Å². The number of nitrogens with two attached hydrogens (primary N) is 1. The second-order valence-corrected chi connectivity index (χ2v) is 6.71. The molecule has 0 aromatic rings. The maximum absolute atomic E-state index is 11.3. The van der Waals surface area contributed by atoms with E-state index in [0.29, 0.717) is 25.6 Å². The Labute approximate surface area is 133 Å². The molecule has 1 rings (SSSR count). The number of guanidine groups is 1. The first kappa shape index (κ1) is 18.9. The summed E-state index contributed by atoms with van der Waals surface area (Å²) in [5.74, 6) is 1.11. The van der Waals surface area contributed by atoms with Gasteiger partial charge in [0.2, 0.25) is 0 Å². The largest absolute Gasteiger partial charge is 0.370 e. The summed E-state index contributed by atoms with van der Waals surface area (Å²) >= 11 is 0. The third kappa shape index (κ3) is 6.75. The van der Waals surface area contributed by atoms with Crippen molar-refractivity contribution < 1.29 is 8.42 Å². The van der Waals surface area contributed by atoms with E-state index in [1.54, 1.807) is 0 Å². The zero-order valence-electron chi connectivity index (χ0n) is 11.7. The maximum atomic E-state index is 11.3. The summed E-state index contributed by atoms with van der Waals surface area (Å²) < 4.78 is 22.5. The Kier molecular flexibility index (Phi) is 8.92. The van der Waals surface area contributed by atoms with E-state index in [2.05, 4.69) is 9.89 Å². The summed E-state index contributed by atoms with van der Waals surface area (Å²) in [6.45, 7) is 8.43. The molecule has 6 nitrogen and oxygen atoms in total. The van der Waals surface area contributed by atoms with Gasteiger partial charge in [0, 0.05) is 32.7 Å². The zero-order valence-corrected chi connectivity index (χ0v) is 14.9. The van der Waals surface area contributed by atoms with Crippen molar-refractivity contribution in [3.63, 3.8) is 0 Å². The number of hydrogen-bond acceptors (Lipinski definition) is 4. The molecule has 114 valence electrons. The first-order valence-electron chi connectivity index (χ1n) is 6.46. The van der Waals surface area contributed by atoms with Gasteiger partial charge in [-0.2, -0.15) is 0 Å². The van der Waals surface area contributed by atoms with Crippen molar-refractivity contribution in [3.8, 4) is 0 Å². The summed E-state index contributed by atoms with van der Waals surface area (Å²) in [5, 5.41) is 0. The van der Waals surface area contributed by atoms with Gasteiger partial charge < -0.3 is 10.6 Å². The number of rotatable bonds is 5. The molecule has 0 saturated carbocycles. The Morgan fingerprint density at radius 1 is 1.26 bits per heavy atom. The van der Waals surface area contributed by atoms with Gasteiger partial charge in [-0.15, -0.1) is 24.0 Å². The van der Waals surface area contributed by atoms with Crippen molar-refractivity contribution in [1.82, 2.24) is 9.80 Å². The van der Waals surface area contributed by atoms with Gasteiger partial charge in [0.05, 0.1) is 18.1 Å². The molecular weight excluding hydrogens is 379 g/mol. The van der Waals surface area contributed by atoms with Crippen LogP contribution in [-0.2, 0) is 9.84 Å². The van der Waals surface area contributed by atoms with Crippen LogP contribution in [0.15, 0.2) is 4.99 Å². The first-order valence-corrected chi connectivity index (χ1v) is 8.28. The lowest BCUT2D eigenvalue weighted by molar-refractivity contribution is 0.303. The average Bonchev–Trinajstić information content (AvgIpc) is 2.33. The lowest BCUT2D eigenvalue weighted by atomic mass is 10.4. The predicted octanol–water partition coefficient (Wildman–Crippen LogP) is -0.00870. The third-order valence-electron chi connectivity index (χ3n) is 3.21. The number of hydrogen-bond donors (Lipinski definition) is 1. The minimum absolute atomic E-state index is 0. The fourth-order valence-corrected chi connectivity index (χ4v) is 3.20. The highest BCUT2D eigenvalue weighted by Crippen LogP contribution is 2.02. The van der Waals surface area contributed by atoms with Crippen LogP contribution in [0.3, 0.4) is 0 Å². The van der Waals surface area contributed by atoms with Crippen LogP contribution in [0.5, 0.6) is 0 Å². The maximum Gasteiger partial charge on any atom is 0.191 e. The molecule has 19 heavy (non-hydrogen) atoms. The molecule has 0 atom stereocenters.